The summed E-state index contributed by atoms with van der Waals surface area (Å²) in [6.45, 7) is 2.44. The van der Waals surface area contributed by atoms with Crippen molar-refractivity contribution in [3.05, 3.63) is 77.0 Å². The maximum atomic E-state index is 12.5. The Kier molecular flexibility index (Phi) is 8.69. The molecule has 0 saturated heterocycles. The van der Waals surface area contributed by atoms with E-state index >= 15 is 0 Å². The number of carbonyl (C=O) groups excluding carboxylic acids is 1. The van der Waals surface area contributed by atoms with Crippen molar-refractivity contribution in [2.24, 2.45) is 5.10 Å². The highest BCUT2D eigenvalue weighted by Crippen LogP contribution is 2.29. The standard InChI is InChI=1S/C25H23BrN6O3S/c1-3-35-21-11-6-17(13-22(21)34-2)14-28-29-23(33)16-36-25-31-30-24(18-5-4-12-27-15-18)32(25)20-9-7-19(26)8-10-20/h4-15H,3,16H2,1-2H3,(H,29,33). The molecular weight excluding hydrogens is 544 g/mol. The predicted molar refractivity (Wildman–Crippen MR) is 143 cm³/mol. The zero-order valence-electron chi connectivity index (χ0n) is 19.6. The third kappa shape index (κ3) is 6.29. The Bertz CT molecular complexity index is 1350. The number of benzene rings is 2. The van der Waals surface area contributed by atoms with Gasteiger partial charge in [0.15, 0.2) is 22.5 Å². The smallest absolute Gasteiger partial charge is 0.250 e. The number of hydrogen-bond donors (Lipinski definition) is 1. The molecule has 9 nitrogen and oxygen atoms in total. The van der Waals surface area contributed by atoms with Crippen LogP contribution in [-0.2, 0) is 4.79 Å². The average molecular weight is 567 g/mol. The van der Waals surface area contributed by atoms with E-state index in [0.717, 1.165) is 21.3 Å². The zero-order chi connectivity index (χ0) is 25.3. The Morgan fingerprint density at radius 3 is 2.72 bits per heavy atom. The number of hydrazone groups is 1. The van der Waals surface area contributed by atoms with E-state index < -0.39 is 0 Å². The molecule has 0 aliphatic carbocycles. The second kappa shape index (κ2) is 12.3. The van der Waals surface area contributed by atoms with Crippen molar-refractivity contribution in [1.29, 1.82) is 0 Å². The van der Waals surface area contributed by atoms with Gasteiger partial charge in [-0.25, -0.2) is 5.43 Å². The number of nitrogens with one attached hydrogen (secondary N) is 1. The van der Waals surface area contributed by atoms with Gasteiger partial charge in [-0.3, -0.25) is 14.3 Å². The van der Waals surface area contributed by atoms with Crippen molar-refractivity contribution in [2.75, 3.05) is 19.5 Å². The summed E-state index contributed by atoms with van der Waals surface area (Å²) in [4.78, 5) is 16.7. The number of hydrogen-bond acceptors (Lipinski definition) is 8. The lowest BCUT2D eigenvalue weighted by Gasteiger charge is -2.10. The van der Waals surface area contributed by atoms with Crippen molar-refractivity contribution < 1.29 is 14.3 Å². The van der Waals surface area contributed by atoms with E-state index in [0.29, 0.717) is 29.1 Å². The average Bonchev–Trinajstić information content (AvgIpc) is 3.33. The molecule has 36 heavy (non-hydrogen) atoms. The first-order valence-electron chi connectivity index (χ1n) is 11.0. The van der Waals surface area contributed by atoms with Crippen LogP contribution in [0.3, 0.4) is 0 Å². The van der Waals surface area contributed by atoms with Gasteiger partial charge in [-0.2, -0.15) is 5.10 Å². The summed E-state index contributed by atoms with van der Waals surface area (Å²) in [5.74, 6) is 1.71. The topological polar surface area (TPSA) is 104 Å². The molecule has 2 aromatic carbocycles. The fourth-order valence-corrected chi connectivity index (χ4v) is 4.26. The van der Waals surface area contributed by atoms with Crippen molar-refractivity contribution in [2.45, 2.75) is 12.1 Å². The molecule has 0 atom stereocenters. The number of carbonyl (C=O) groups is 1. The molecule has 0 aliphatic heterocycles. The first kappa shape index (κ1) is 25.4. The van der Waals surface area contributed by atoms with Crippen LogP contribution in [-0.4, -0.2) is 51.3 Å². The lowest BCUT2D eigenvalue weighted by Crippen LogP contribution is -2.20. The van der Waals surface area contributed by atoms with E-state index in [1.54, 1.807) is 37.9 Å². The zero-order valence-corrected chi connectivity index (χ0v) is 22.0. The molecule has 184 valence electrons. The molecule has 0 saturated carbocycles. The molecule has 1 amide bonds. The summed E-state index contributed by atoms with van der Waals surface area (Å²) >= 11 is 4.73. The molecule has 0 spiro atoms. The van der Waals surface area contributed by atoms with E-state index in [-0.39, 0.29) is 11.7 Å². The number of thioether (sulfide) groups is 1. The molecule has 0 fully saturated rings. The molecule has 0 bridgehead atoms. The van der Waals surface area contributed by atoms with Gasteiger partial charge in [0.1, 0.15) is 0 Å². The highest BCUT2D eigenvalue weighted by Gasteiger charge is 2.17. The van der Waals surface area contributed by atoms with Gasteiger partial charge in [-0.1, -0.05) is 27.7 Å². The van der Waals surface area contributed by atoms with E-state index in [1.165, 1.54) is 11.8 Å². The molecule has 4 rings (SSSR count). The molecule has 0 radical (unpaired) electrons. The van der Waals surface area contributed by atoms with Crippen LogP contribution in [0.2, 0.25) is 0 Å². The molecule has 11 heteroatoms. The van der Waals surface area contributed by atoms with Crippen LogP contribution in [0.4, 0.5) is 0 Å². The van der Waals surface area contributed by atoms with E-state index in [1.807, 2.05) is 54.0 Å². The maximum Gasteiger partial charge on any atom is 0.250 e. The summed E-state index contributed by atoms with van der Waals surface area (Å²) in [5, 5.41) is 13.3. The number of ether oxygens (including phenoxy) is 2. The lowest BCUT2D eigenvalue weighted by molar-refractivity contribution is -0.118. The summed E-state index contributed by atoms with van der Waals surface area (Å²) in [6.07, 6.45) is 4.98. The van der Waals surface area contributed by atoms with E-state index in [4.69, 9.17) is 9.47 Å². The highest BCUT2D eigenvalue weighted by atomic mass is 79.9. The van der Waals surface area contributed by atoms with Crippen molar-refractivity contribution in [1.82, 2.24) is 25.2 Å². The normalized spacial score (nSPS) is 11.0. The molecule has 1 N–H and O–H groups in total. The lowest BCUT2D eigenvalue weighted by atomic mass is 10.2. The number of rotatable bonds is 10. The third-order valence-corrected chi connectivity index (χ3v) is 6.32. The Hall–Kier alpha value is -3.70. The van der Waals surface area contributed by atoms with Gasteiger partial charge in [-0.05, 0) is 67.1 Å². The number of methoxy groups -OCH3 is 1. The van der Waals surface area contributed by atoms with E-state index in [2.05, 4.69) is 41.6 Å². The van der Waals surface area contributed by atoms with Crippen LogP contribution in [0.5, 0.6) is 11.5 Å². The Morgan fingerprint density at radius 1 is 1.17 bits per heavy atom. The number of amides is 1. The first-order chi connectivity index (χ1) is 17.6. The SMILES string of the molecule is CCOc1ccc(C=NNC(=O)CSc2nnc(-c3cccnc3)n2-c2ccc(Br)cc2)cc1OC. The van der Waals surface area contributed by atoms with Crippen LogP contribution in [0, 0.1) is 0 Å². The van der Waals surface area contributed by atoms with Crippen molar-refractivity contribution in [3.63, 3.8) is 0 Å². The van der Waals surface area contributed by atoms with Gasteiger partial charge >= 0.3 is 0 Å². The van der Waals surface area contributed by atoms with Gasteiger partial charge in [0.05, 0.1) is 25.7 Å². The Morgan fingerprint density at radius 2 is 2.00 bits per heavy atom. The molecule has 2 heterocycles. The highest BCUT2D eigenvalue weighted by molar-refractivity contribution is 9.10. The minimum absolute atomic E-state index is 0.103. The van der Waals surface area contributed by atoms with Crippen LogP contribution in [0.25, 0.3) is 17.1 Å². The minimum Gasteiger partial charge on any atom is -0.493 e. The van der Waals surface area contributed by atoms with Gasteiger partial charge in [0.2, 0.25) is 0 Å². The van der Waals surface area contributed by atoms with Gasteiger partial charge in [0, 0.05) is 28.1 Å². The quantitative estimate of drug-likeness (QED) is 0.168. The van der Waals surface area contributed by atoms with Crippen LogP contribution in [0.15, 0.2) is 81.7 Å². The van der Waals surface area contributed by atoms with E-state index in [9.17, 15) is 4.79 Å². The maximum absolute atomic E-state index is 12.5. The van der Waals surface area contributed by atoms with Crippen molar-refractivity contribution in [3.8, 4) is 28.6 Å². The van der Waals surface area contributed by atoms with Crippen LogP contribution >= 0.6 is 27.7 Å². The van der Waals surface area contributed by atoms with Crippen LogP contribution in [0.1, 0.15) is 12.5 Å². The number of halogens is 1. The summed E-state index contributed by atoms with van der Waals surface area (Å²) in [5.41, 5.74) is 5.00. The number of aromatic nitrogens is 4. The van der Waals surface area contributed by atoms with Gasteiger partial charge in [0.25, 0.3) is 5.91 Å². The Labute approximate surface area is 221 Å². The first-order valence-corrected chi connectivity index (χ1v) is 12.7. The molecule has 0 aliphatic rings. The fourth-order valence-electron chi connectivity index (χ4n) is 3.25. The predicted octanol–water partition coefficient (Wildman–Crippen LogP) is 4.74. The Balaban J connectivity index is 1.45. The summed E-state index contributed by atoms with van der Waals surface area (Å²) < 4.78 is 13.7. The summed E-state index contributed by atoms with van der Waals surface area (Å²) in [6, 6.07) is 17.0. The summed E-state index contributed by atoms with van der Waals surface area (Å²) in [7, 11) is 1.57. The van der Waals surface area contributed by atoms with Gasteiger partial charge < -0.3 is 9.47 Å². The molecular formula is C25H23BrN6O3S. The second-order valence-corrected chi connectivity index (χ2v) is 9.14. The largest absolute Gasteiger partial charge is 0.493 e. The number of nitrogens with zero attached hydrogens (tertiary/aromatic N) is 5. The van der Waals surface area contributed by atoms with Crippen LogP contribution < -0.4 is 14.9 Å². The molecule has 4 aromatic rings. The van der Waals surface area contributed by atoms with Gasteiger partial charge in [-0.15, -0.1) is 10.2 Å². The number of pyridine rings is 1. The van der Waals surface area contributed by atoms with Crippen molar-refractivity contribution >= 4 is 39.8 Å². The minimum atomic E-state index is -0.276. The fraction of sp³-hybridized carbons (Fsp3) is 0.160. The molecule has 0 unspecified atom stereocenters. The third-order valence-electron chi connectivity index (χ3n) is 4.86. The monoisotopic (exact) mass is 566 g/mol. The molecule has 2 aromatic heterocycles. The second-order valence-electron chi connectivity index (χ2n) is 7.28.